The van der Waals surface area contributed by atoms with Gasteiger partial charge in [0.05, 0.1) is 24.8 Å². The van der Waals surface area contributed by atoms with Crippen LogP contribution in [0.25, 0.3) is 0 Å². The van der Waals surface area contributed by atoms with Crippen molar-refractivity contribution in [3.05, 3.63) is 0 Å². The highest BCUT2D eigenvalue weighted by molar-refractivity contribution is 7.90. The minimum atomic E-state index is -3.52. The minimum Gasteiger partial charge on any atom is -0.380 e. The number of rotatable bonds is 5. The number of sulfonamides is 1. The molecule has 0 aromatic rings. The molecule has 5 fully saturated rings. The molecule has 4 aliphatic heterocycles. The molecule has 4 heterocycles. The highest BCUT2D eigenvalue weighted by Crippen LogP contribution is 2.33. The van der Waals surface area contributed by atoms with Crippen molar-refractivity contribution in [3.8, 4) is 0 Å². The lowest BCUT2D eigenvalue weighted by atomic mass is 9.80. The van der Waals surface area contributed by atoms with Crippen LogP contribution in [0.3, 0.4) is 0 Å². The molecule has 4 saturated heterocycles. The van der Waals surface area contributed by atoms with Crippen LogP contribution in [0.2, 0.25) is 0 Å². The van der Waals surface area contributed by atoms with Crippen LogP contribution in [-0.2, 0) is 19.5 Å². The van der Waals surface area contributed by atoms with E-state index < -0.39 is 15.3 Å². The van der Waals surface area contributed by atoms with Gasteiger partial charge in [0.25, 0.3) is 0 Å². The van der Waals surface area contributed by atoms with Crippen LogP contribution in [0.1, 0.15) is 19.3 Å². The minimum absolute atomic E-state index is 0.0316. The van der Waals surface area contributed by atoms with E-state index in [0.717, 1.165) is 45.5 Å². The van der Waals surface area contributed by atoms with Gasteiger partial charge in [0.1, 0.15) is 11.5 Å². The first-order chi connectivity index (χ1) is 14.5. The smallest absolute Gasteiger partial charge is 0.217 e. The Morgan fingerprint density at radius 2 is 1.93 bits per heavy atom. The fourth-order valence-electron chi connectivity index (χ4n) is 5.83. The van der Waals surface area contributed by atoms with Crippen molar-refractivity contribution in [2.24, 2.45) is 5.92 Å². The van der Waals surface area contributed by atoms with Crippen LogP contribution in [0, 0.1) is 5.92 Å². The monoisotopic (exact) mass is 445 g/mol. The van der Waals surface area contributed by atoms with Gasteiger partial charge in [-0.3, -0.25) is 16.3 Å². The molecular weight excluding hydrogens is 410 g/mol. The zero-order chi connectivity index (χ0) is 20.9. The largest absolute Gasteiger partial charge is 0.380 e. The van der Waals surface area contributed by atoms with Crippen molar-refractivity contribution in [3.63, 3.8) is 0 Å². The summed E-state index contributed by atoms with van der Waals surface area (Å²) in [6.45, 7) is 4.21. The lowest BCUT2D eigenvalue weighted by molar-refractivity contribution is -0.116. The summed E-state index contributed by atoms with van der Waals surface area (Å²) >= 11 is 0. The number of fused-ring (bicyclic) bond motifs is 2. The Labute approximate surface area is 178 Å². The molecule has 5 aliphatic rings. The van der Waals surface area contributed by atoms with Gasteiger partial charge in [0.2, 0.25) is 10.0 Å². The van der Waals surface area contributed by atoms with Crippen LogP contribution >= 0.6 is 0 Å². The predicted molar refractivity (Wildman–Crippen MR) is 110 cm³/mol. The summed E-state index contributed by atoms with van der Waals surface area (Å²) in [6.07, 6.45) is 2.79. The van der Waals surface area contributed by atoms with Gasteiger partial charge in [0, 0.05) is 52.9 Å². The van der Waals surface area contributed by atoms with E-state index in [2.05, 4.69) is 31.0 Å². The Balaban J connectivity index is 1.26. The van der Waals surface area contributed by atoms with E-state index in [4.69, 9.17) is 9.47 Å². The van der Waals surface area contributed by atoms with Crippen molar-refractivity contribution in [2.75, 3.05) is 53.5 Å². The molecule has 0 aromatic carbocycles. The zero-order valence-corrected chi connectivity index (χ0v) is 18.6. The second-order valence-corrected chi connectivity index (χ2v) is 11.1. The number of hydrogen-bond donors (Lipinski definition) is 4. The van der Waals surface area contributed by atoms with Gasteiger partial charge in [-0.15, -0.1) is 0 Å². The van der Waals surface area contributed by atoms with Gasteiger partial charge in [-0.05, 0) is 25.2 Å². The van der Waals surface area contributed by atoms with Crippen LogP contribution in [-0.4, -0.2) is 113 Å². The lowest BCUT2D eigenvalue weighted by Crippen LogP contribution is -2.61. The first-order valence-corrected chi connectivity index (χ1v) is 12.6. The highest BCUT2D eigenvalue weighted by Gasteiger charge is 2.49. The molecule has 0 spiro atoms. The van der Waals surface area contributed by atoms with Crippen molar-refractivity contribution >= 4 is 10.0 Å². The van der Waals surface area contributed by atoms with Crippen molar-refractivity contribution < 1.29 is 17.9 Å². The van der Waals surface area contributed by atoms with Gasteiger partial charge >= 0.3 is 0 Å². The number of likely N-dealkylation sites (N-methyl/N-ethyl adjacent to an activating group) is 1. The third kappa shape index (κ3) is 3.81. The number of nitrogens with zero attached hydrogens (tertiary/aromatic N) is 3. The Kier molecular flexibility index (Phi) is 6.08. The topological polar surface area (TPSA) is 110 Å². The van der Waals surface area contributed by atoms with E-state index in [0.29, 0.717) is 19.0 Å². The zero-order valence-electron chi connectivity index (χ0n) is 17.8. The van der Waals surface area contributed by atoms with Crippen LogP contribution in [0.4, 0.5) is 0 Å². The molecule has 1 aliphatic carbocycles. The Morgan fingerprint density at radius 1 is 1.10 bits per heavy atom. The van der Waals surface area contributed by atoms with Crippen LogP contribution in [0.15, 0.2) is 0 Å². The second-order valence-electron chi connectivity index (χ2n) is 9.14. The molecule has 7 unspecified atom stereocenters. The molecular formula is C18H35N7O4S. The second kappa shape index (κ2) is 8.50. The number of hydrazine groups is 3. The molecule has 0 amide bonds. The summed E-state index contributed by atoms with van der Waals surface area (Å²) in [6, 6.07) is -0.0493. The van der Waals surface area contributed by atoms with E-state index in [1.54, 1.807) is 7.11 Å². The van der Waals surface area contributed by atoms with Gasteiger partial charge in [-0.2, -0.15) is 0 Å². The average Bonchev–Trinajstić information content (AvgIpc) is 3.46. The summed E-state index contributed by atoms with van der Waals surface area (Å²) in [5, 5.41) is 5.73. The maximum Gasteiger partial charge on any atom is 0.217 e. The Hall–Kier alpha value is -0.410. The van der Waals surface area contributed by atoms with E-state index in [-0.39, 0.29) is 30.5 Å². The van der Waals surface area contributed by atoms with E-state index in [1.807, 2.05) is 12.1 Å². The van der Waals surface area contributed by atoms with Gasteiger partial charge in [-0.25, -0.2) is 28.2 Å². The van der Waals surface area contributed by atoms with Crippen LogP contribution in [0.5, 0.6) is 0 Å². The molecule has 0 aromatic heterocycles. The molecule has 7 atom stereocenters. The van der Waals surface area contributed by atoms with Gasteiger partial charge < -0.3 is 9.47 Å². The molecule has 1 saturated carbocycles. The van der Waals surface area contributed by atoms with Crippen molar-refractivity contribution in [2.45, 2.75) is 55.0 Å². The van der Waals surface area contributed by atoms with Crippen molar-refractivity contribution in [1.82, 2.24) is 36.0 Å². The Morgan fingerprint density at radius 3 is 2.77 bits per heavy atom. The van der Waals surface area contributed by atoms with E-state index >= 15 is 0 Å². The fraction of sp³-hybridized carbons (Fsp3) is 1.00. The SMILES string of the molecule is COC1CCC2CNN(C)C2C1NS(=O)(=O)C1CNN(C2CNN3CCCOC23)C1. The molecule has 172 valence electrons. The first kappa shape index (κ1) is 21.4. The third-order valence-electron chi connectivity index (χ3n) is 7.46. The molecule has 11 nitrogen and oxygen atoms in total. The molecule has 5 rings (SSSR count). The predicted octanol–water partition coefficient (Wildman–Crippen LogP) is -2.36. The van der Waals surface area contributed by atoms with Gasteiger partial charge in [-0.1, -0.05) is 0 Å². The number of ether oxygens (including phenoxy) is 2. The fourth-order valence-corrected chi connectivity index (χ4v) is 7.35. The molecule has 0 bridgehead atoms. The van der Waals surface area contributed by atoms with E-state index in [9.17, 15) is 8.42 Å². The molecule has 30 heavy (non-hydrogen) atoms. The third-order valence-corrected chi connectivity index (χ3v) is 9.25. The summed E-state index contributed by atoms with van der Waals surface area (Å²) in [4.78, 5) is 0. The Bertz CT molecular complexity index is 727. The van der Waals surface area contributed by atoms with E-state index in [1.165, 1.54) is 0 Å². The summed E-state index contributed by atoms with van der Waals surface area (Å²) in [5.41, 5.74) is 10.1. The standard InChI is InChI=1S/C18H35N7O4S/c1-23-17-12(8-19-23)4-5-15(28-2)16(17)22-30(26,27)13-9-20-25(11-13)14-10-21-24-6-3-7-29-18(14)24/h12-22H,3-11H2,1-2H3. The molecule has 4 N–H and O–H groups in total. The van der Waals surface area contributed by atoms with Crippen LogP contribution < -0.4 is 21.0 Å². The summed E-state index contributed by atoms with van der Waals surface area (Å²) < 4.78 is 41.4. The van der Waals surface area contributed by atoms with Gasteiger partial charge in [0.15, 0.2) is 0 Å². The normalized spacial score (nSPS) is 43.7. The maximum atomic E-state index is 13.4. The summed E-state index contributed by atoms with van der Waals surface area (Å²) in [5.74, 6) is 0.436. The average molecular weight is 446 g/mol. The number of hydrogen-bond acceptors (Lipinski definition) is 10. The summed E-state index contributed by atoms with van der Waals surface area (Å²) in [7, 11) is 0.149. The maximum absolute atomic E-state index is 13.4. The van der Waals surface area contributed by atoms with Crippen molar-refractivity contribution in [1.29, 1.82) is 0 Å². The number of methoxy groups -OCH3 is 1. The quantitative estimate of drug-likeness (QED) is 0.367. The first-order valence-electron chi connectivity index (χ1n) is 11.1. The molecule has 0 radical (unpaired) electrons. The molecule has 12 heteroatoms. The number of nitrogens with one attached hydrogen (secondary N) is 4. The lowest BCUT2D eigenvalue weighted by Gasteiger charge is -2.41. The highest BCUT2D eigenvalue weighted by atomic mass is 32.2.